The van der Waals surface area contributed by atoms with Crippen LogP contribution in [-0.4, -0.2) is 10.2 Å². The number of benzene rings is 1. The van der Waals surface area contributed by atoms with Gasteiger partial charge in [-0.15, -0.1) is 23.2 Å². The Kier molecular flexibility index (Phi) is 3.75. The van der Waals surface area contributed by atoms with E-state index in [1.54, 1.807) is 0 Å². The van der Waals surface area contributed by atoms with Crippen molar-refractivity contribution in [2.75, 3.05) is 5.32 Å². The molecule has 3 aliphatic rings. The van der Waals surface area contributed by atoms with Crippen molar-refractivity contribution in [1.82, 2.24) is 0 Å². The summed E-state index contributed by atoms with van der Waals surface area (Å²) in [6, 6.07) is 7.76. The first-order valence-electron chi connectivity index (χ1n) is 7.92. The van der Waals surface area contributed by atoms with E-state index in [1.807, 2.05) is 24.3 Å². The fourth-order valence-corrected chi connectivity index (χ4v) is 5.72. The number of hydrogen-bond acceptors (Lipinski definition) is 1. The number of anilines is 1. The molecule has 22 heavy (non-hydrogen) atoms. The third-order valence-corrected chi connectivity index (χ3v) is 7.33. The normalized spacial score (nSPS) is 38.0. The summed E-state index contributed by atoms with van der Waals surface area (Å²) in [5.74, 6) is 2.30. The Morgan fingerprint density at radius 3 is 2.36 bits per heavy atom. The molecule has 0 spiro atoms. The number of rotatable bonds is 2. The average Bonchev–Trinajstić information content (AvgIpc) is 3.23. The number of carbonyl (C=O) groups excluding carboxylic acids is 1. The molecule has 1 amide bonds. The molecule has 3 aliphatic carbocycles. The van der Waals surface area contributed by atoms with Crippen LogP contribution < -0.4 is 5.32 Å². The second-order valence-corrected chi connectivity index (χ2v) is 9.26. The van der Waals surface area contributed by atoms with Crippen LogP contribution in [0.25, 0.3) is 0 Å². The molecule has 5 heteroatoms. The van der Waals surface area contributed by atoms with Gasteiger partial charge >= 0.3 is 0 Å². The van der Waals surface area contributed by atoms with Crippen LogP contribution in [-0.2, 0) is 4.79 Å². The van der Waals surface area contributed by atoms with Crippen molar-refractivity contribution in [3.05, 3.63) is 28.7 Å². The maximum absolute atomic E-state index is 12.5. The Bertz CT molecular complexity index is 598. The van der Waals surface area contributed by atoms with E-state index in [2.05, 4.69) is 21.2 Å². The average molecular weight is 403 g/mol. The van der Waals surface area contributed by atoms with Gasteiger partial charge in [0.2, 0.25) is 5.91 Å². The summed E-state index contributed by atoms with van der Waals surface area (Å²) in [6.45, 7) is 0. The minimum Gasteiger partial charge on any atom is -0.326 e. The summed E-state index contributed by atoms with van der Waals surface area (Å²) in [6.07, 6.45) is 4.31. The van der Waals surface area contributed by atoms with Gasteiger partial charge in [-0.1, -0.05) is 22.0 Å². The first-order chi connectivity index (χ1) is 10.5. The van der Waals surface area contributed by atoms with E-state index in [9.17, 15) is 4.79 Å². The molecule has 0 radical (unpaired) electrons. The molecule has 1 N–H and O–H groups in total. The highest BCUT2D eigenvalue weighted by Crippen LogP contribution is 2.67. The van der Waals surface area contributed by atoms with Gasteiger partial charge in [0.05, 0.1) is 0 Å². The van der Waals surface area contributed by atoms with Crippen molar-refractivity contribution >= 4 is 50.7 Å². The zero-order valence-corrected chi connectivity index (χ0v) is 15.2. The molecule has 4 rings (SSSR count). The monoisotopic (exact) mass is 401 g/mol. The third-order valence-electron chi connectivity index (χ3n) is 5.71. The molecule has 1 aromatic rings. The zero-order valence-electron chi connectivity index (χ0n) is 12.1. The molecule has 0 aromatic heterocycles. The quantitative estimate of drug-likeness (QED) is 0.673. The lowest BCUT2D eigenvalue weighted by atomic mass is 10.0. The number of nitrogens with one attached hydrogen (secondary N) is 1. The van der Waals surface area contributed by atoms with Crippen molar-refractivity contribution in [2.45, 2.75) is 30.0 Å². The lowest BCUT2D eigenvalue weighted by Gasteiger charge is -2.05. The molecule has 2 nitrogen and oxygen atoms in total. The van der Waals surface area contributed by atoms with Gasteiger partial charge in [-0.05, 0) is 67.6 Å². The molecule has 0 aliphatic heterocycles. The predicted molar refractivity (Wildman–Crippen MR) is 93.1 cm³/mol. The maximum Gasteiger partial charge on any atom is 0.228 e. The van der Waals surface area contributed by atoms with Crippen molar-refractivity contribution in [1.29, 1.82) is 0 Å². The number of hydrogen-bond donors (Lipinski definition) is 1. The second kappa shape index (κ2) is 5.39. The van der Waals surface area contributed by atoms with E-state index in [-0.39, 0.29) is 11.8 Å². The summed E-state index contributed by atoms with van der Waals surface area (Å²) in [4.78, 5) is 12.5. The van der Waals surface area contributed by atoms with Crippen LogP contribution in [0.15, 0.2) is 28.7 Å². The lowest BCUT2D eigenvalue weighted by molar-refractivity contribution is -0.117. The fourth-order valence-electron chi connectivity index (χ4n) is 4.40. The molecule has 118 valence electrons. The van der Waals surface area contributed by atoms with E-state index in [0.717, 1.165) is 35.8 Å². The van der Waals surface area contributed by atoms with Gasteiger partial charge in [-0.2, -0.15) is 0 Å². The van der Waals surface area contributed by atoms with E-state index >= 15 is 0 Å². The van der Waals surface area contributed by atoms with Crippen LogP contribution in [0.5, 0.6) is 0 Å². The predicted octanol–water partition coefficient (Wildman–Crippen LogP) is 5.24. The summed E-state index contributed by atoms with van der Waals surface area (Å²) in [5, 5.41) is 3.06. The number of alkyl halides is 2. The van der Waals surface area contributed by atoms with Crippen LogP contribution in [0.4, 0.5) is 5.69 Å². The smallest absolute Gasteiger partial charge is 0.228 e. The van der Waals surface area contributed by atoms with E-state index in [1.165, 1.54) is 0 Å². The highest BCUT2D eigenvalue weighted by molar-refractivity contribution is 9.10. The Hall–Kier alpha value is -0.250. The topological polar surface area (TPSA) is 29.1 Å². The molecular formula is C17H18BrCl2NO. The standard InChI is InChI=1S/C17H18BrCl2NO/c18-9-2-1-3-10(8-9)21-16(22)15-11-4-6-13-14(17(13,19)20)7-5-12(11)15/h1-3,8,11-15H,4-7H2,(H,21,22)/t11-,12-,13-,14-/m1/s1. The van der Waals surface area contributed by atoms with Crippen LogP contribution in [0.1, 0.15) is 25.7 Å². The molecule has 0 unspecified atom stereocenters. The van der Waals surface area contributed by atoms with Crippen molar-refractivity contribution in [3.8, 4) is 0 Å². The van der Waals surface area contributed by atoms with Gasteiger partial charge in [0, 0.05) is 16.1 Å². The van der Waals surface area contributed by atoms with Crippen LogP contribution in [0.2, 0.25) is 0 Å². The minimum atomic E-state index is -0.481. The molecule has 0 saturated heterocycles. The molecule has 0 bridgehead atoms. The Morgan fingerprint density at radius 1 is 1.14 bits per heavy atom. The fraction of sp³-hybridized carbons (Fsp3) is 0.588. The first kappa shape index (κ1) is 15.3. The highest BCUT2D eigenvalue weighted by atomic mass is 79.9. The van der Waals surface area contributed by atoms with Crippen LogP contribution in [0, 0.1) is 29.6 Å². The van der Waals surface area contributed by atoms with Crippen LogP contribution in [0.3, 0.4) is 0 Å². The summed E-state index contributed by atoms with van der Waals surface area (Å²) >= 11 is 16.1. The minimum absolute atomic E-state index is 0.173. The van der Waals surface area contributed by atoms with Gasteiger partial charge in [0.1, 0.15) is 4.33 Å². The van der Waals surface area contributed by atoms with E-state index < -0.39 is 4.33 Å². The molecule has 3 fully saturated rings. The van der Waals surface area contributed by atoms with Gasteiger partial charge in [0.15, 0.2) is 0 Å². The lowest BCUT2D eigenvalue weighted by Crippen LogP contribution is -2.15. The Labute approximate surface area is 149 Å². The van der Waals surface area contributed by atoms with E-state index in [0.29, 0.717) is 23.7 Å². The first-order valence-corrected chi connectivity index (χ1v) is 9.47. The second-order valence-electron chi connectivity index (χ2n) is 6.90. The van der Waals surface area contributed by atoms with Crippen molar-refractivity contribution in [2.24, 2.45) is 29.6 Å². The molecule has 1 aromatic carbocycles. The zero-order chi connectivity index (χ0) is 15.5. The molecule has 3 saturated carbocycles. The molecular weight excluding hydrogens is 385 g/mol. The molecule has 4 atom stereocenters. The largest absolute Gasteiger partial charge is 0.326 e. The highest BCUT2D eigenvalue weighted by Gasteiger charge is 2.65. The van der Waals surface area contributed by atoms with Gasteiger partial charge < -0.3 is 5.32 Å². The number of fused-ring (bicyclic) bond motifs is 2. The SMILES string of the molecule is O=C(Nc1cccc(Br)c1)C1[C@@H]2CC[C@@H]3[C@@H](CC[C@@H]12)C3(Cl)Cl. The van der Waals surface area contributed by atoms with Gasteiger partial charge in [-0.25, -0.2) is 0 Å². The molecule has 0 heterocycles. The van der Waals surface area contributed by atoms with Gasteiger partial charge in [-0.3, -0.25) is 4.79 Å². The Balaban J connectivity index is 1.38. The maximum atomic E-state index is 12.5. The van der Waals surface area contributed by atoms with Gasteiger partial charge in [0.25, 0.3) is 0 Å². The number of halogens is 3. The number of amides is 1. The van der Waals surface area contributed by atoms with E-state index in [4.69, 9.17) is 23.2 Å². The summed E-state index contributed by atoms with van der Waals surface area (Å²) in [5.41, 5.74) is 0.863. The third kappa shape index (κ3) is 2.59. The summed E-state index contributed by atoms with van der Waals surface area (Å²) in [7, 11) is 0. The number of carbonyl (C=O) groups is 1. The van der Waals surface area contributed by atoms with Crippen molar-refractivity contribution < 1.29 is 4.79 Å². The summed E-state index contributed by atoms with van der Waals surface area (Å²) < 4.78 is 0.498. The Morgan fingerprint density at radius 2 is 1.77 bits per heavy atom. The van der Waals surface area contributed by atoms with Crippen LogP contribution >= 0.6 is 39.1 Å². The van der Waals surface area contributed by atoms with Crippen molar-refractivity contribution in [3.63, 3.8) is 0 Å².